The van der Waals surface area contributed by atoms with Crippen LogP contribution in [-0.2, 0) is 0 Å². The van der Waals surface area contributed by atoms with Crippen LogP contribution in [0.1, 0.15) is 32.6 Å². The molecule has 1 aliphatic rings. The molecule has 0 heterocycles. The summed E-state index contributed by atoms with van der Waals surface area (Å²) < 4.78 is 0.883. The van der Waals surface area contributed by atoms with Gasteiger partial charge in [-0.1, -0.05) is 31.4 Å². The maximum atomic E-state index is 9.63. The first kappa shape index (κ1) is 15.1. The van der Waals surface area contributed by atoms with Crippen LogP contribution in [0.5, 0.6) is 0 Å². The molecule has 1 saturated carbocycles. The smallest absolute Gasteiger partial charge is 0.0635 e. The van der Waals surface area contributed by atoms with E-state index in [9.17, 15) is 5.11 Å². The van der Waals surface area contributed by atoms with Gasteiger partial charge >= 0.3 is 0 Å². The monoisotopic (exact) mass is 345 g/mol. The topological polar surface area (TPSA) is 32.3 Å². The fourth-order valence-electron chi connectivity index (χ4n) is 2.80. The molecule has 0 amide bonds. The Morgan fingerprint density at radius 3 is 2.63 bits per heavy atom. The van der Waals surface area contributed by atoms with Crippen molar-refractivity contribution in [3.05, 3.63) is 27.7 Å². The van der Waals surface area contributed by atoms with Gasteiger partial charge < -0.3 is 10.4 Å². The lowest BCUT2D eigenvalue weighted by molar-refractivity contribution is 0.193. The maximum absolute atomic E-state index is 9.63. The number of halogens is 2. The molecule has 4 heteroatoms. The van der Waals surface area contributed by atoms with Crippen LogP contribution in [-0.4, -0.2) is 17.8 Å². The summed E-state index contributed by atoms with van der Waals surface area (Å²) in [4.78, 5) is 0. The minimum Gasteiger partial charge on any atom is -0.394 e. The number of hydrogen-bond acceptors (Lipinski definition) is 2. The third-order valence-electron chi connectivity index (χ3n) is 4.10. The van der Waals surface area contributed by atoms with Crippen LogP contribution in [0.3, 0.4) is 0 Å². The first-order valence-electron chi connectivity index (χ1n) is 6.92. The Hall–Kier alpha value is -0.250. The molecule has 1 atom stereocenters. The fourth-order valence-corrected chi connectivity index (χ4v) is 3.30. The minimum atomic E-state index is 0.139. The third kappa shape index (κ3) is 4.11. The number of aliphatic hydroxyl groups is 1. The van der Waals surface area contributed by atoms with Crippen LogP contribution >= 0.6 is 27.5 Å². The van der Waals surface area contributed by atoms with Crippen molar-refractivity contribution in [3.8, 4) is 0 Å². The quantitative estimate of drug-likeness (QED) is 0.828. The van der Waals surface area contributed by atoms with Gasteiger partial charge in [0, 0.05) is 10.2 Å². The standard InChI is InChI=1S/C15H21BrClNO/c1-10-2-4-11(5-3-10)15(9-19)18-12-6-7-14(17)13(16)8-12/h6-8,10-11,15,18-19H,2-5,9H2,1H3. The van der Waals surface area contributed by atoms with E-state index in [0.717, 1.165) is 16.1 Å². The molecule has 0 spiro atoms. The van der Waals surface area contributed by atoms with Crippen molar-refractivity contribution in [3.63, 3.8) is 0 Å². The average molecular weight is 347 g/mol. The highest BCUT2D eigenvalue weighted by molar-refractivity contribution is 9.10. The summed E-state index contributed by atoms with van der Waals surface area (Å²) in [6.45, 7) is 2.49. The number of hydrogen-bond donors (Lipinski definition) is 2. The Bertz CT molecular complexity index is 419. The van der Waals surface area contributed by atoms with E-state index in [1.54, 1.807) is 0 Å². The highest BCUT2D eigenvalue weighted by Gasteiger charge is 2.25. The molecule has 0 aromatic heterocycles. The van der Waals surface area contributed by atoms with Crippen molar-refractivity contribution < 1.29 is 5.11 Å². The molecule has 0 aliphatic heterocycles. The van der Waals surface area contributed by atoms with Gasteiger partial charge in [0.05, 0.1) is 17.7 Å². The summed E-state index contributed by atoms with van der Waals surface area (Å²) in [6.07, 6.45) is 4.95. The molecule has 1 aromatic carbocycles. The van der Waals surface area contributed by atoms with E-state index in [4.69, 9.17) is 11.6 Å². The molecule has 2 N–H and O–H groups in total. The predicted molar refractivity (Wildman–Crippen MR) is 84.8 cm³/mol. The molecule has 0 bridgehead atoms. The summed E-state index contributed by atoms with van der Waals surface area (Å²) in [7, 11) is 0. The van der Waals surface area contributed by atoms with Crippen LogP contribution in [0.15, 0.2) is 22.7 Å². The molecular formula is C15H21BrClNO. The lowest BCUT2D eigenvalue weighted by Crippen LogP contribution is -2.35. The second-order valence-electron chi connectivity index (χ2n) is 5.58. The second-order valence-corrected chi connectivity index (χ2v) is 6.84. The maximum Gasteiger partial charge on any atom is 0.0635 e. The largest absolute Gasteiger partial charge is 0.394 e. The number of nitrogens with one attached hydrogen (secondary N) is 1. The third-order valence-corrected chi connectivity index (χ3v) is 5.31. The van der Waals surface area contributed by atoms with Gasteiger partial charge in [-0.2, -0.15) is 0 Å². The number of aliphatic hydroxyl groups excluding tert-OH is 1. The molecule has 1 fully saturated rings. The van der Waals surface area contributed by atoms with E-state index in [-0.39, 0.29) is 12.6 Å². The Labute approximate surface area is 128 Å². The summed E-state index contributed by atoms with van der Waals surface area (Å²) in [5.74, 6) is 1.40. The van der Waals surface area contributed by atoms with Gasteiger partial charge in [0.2, 0.25) is 0 Å². The fraction of sp³-hybridized carbons (Fsp3) is 0.600. The number of rotatable bonds is 4. The van der Waals surface area contributed by atoms with Crippen LogP contribution in [0.4, 0.5) is 5.69 Å². The zero-order valence-electron chi connectivity index (χ0n) is 11.2. The van der Waals surface area contributed by atoms with Crippen molar-refractivity contribution in [2.75, 3.05) is 11.9 Å². The molecule has 1 unspecified atom stereocenters. The van der Waals surface area contributed by atoms with E-state index in [2.05, 4.69) is 28.2 Å². The van der Waals surface area contributed by atoms with E-state index in [1.807, 2.05) is 18.2 Å². The Balaban J connectivity index is 2.00. The number of benzene rings is 1. The molecule has 1 aliphatic carbocycles. The Morgan fingerprint density at radius 1 is 1.37 bits per heavy atom. The summed E-state index contributed by atoms with van der Waals surface area (Å²) in [5, 5.41) is 13.8. The SMILES string of the molecule is CC1CCC(C(CO)Nc2ccc(Cl)c(Br)c2)CC1. The van der Waals surface area contributed by atoms with Crippen molar-refractivity contribution in [1.82, 2.24) is 0 Å². The van der Waals surface area contributed by atoms with Gasteiger partial charge in [-0.25, -0.2) is 0 Å². The van der Waals surface area contributed by atoms with Gasteiger partial charge in [0.25, 0.3) is 0 Å². The van der Waals surface area contributed by atoms with Crippen molar-refractivity contribution in [1.29, 1.82) is 0 Å². The predicted octanol–water partition coefficient (Wildman–Crippen LogP) is 4.70. The molecule has 0 radical (unpaired) electrons. The lowest BCUT2D eigenvalue weighted by Gasteiger charge is -2.32. The summed E-state index contributed by atoms with van der Waals surface area (Å²) in [6, 6.07) is 5.93. The van der Waals surface area contributed by atoms with E-state index in [1.165, 1.54) is 25.7 Å². The molecule has 0 saturated heterocycles. The number of anilines is 1. The van der Waals surface area contributed by atoms with E-state index >= 15 is 0 Å². The van der Waals surface area contributed by atoms with Gasteiger partial charge in [-0.05, 0) is 58.8 Å². The zero-order valence-corrected chi connectivity index (χ0v) is 13.5. The first-order valence-corrected chi connectivity index (χ1v) is 8.09. The highest BCUT2D eigenvalue weighted by Crippen LogP contribution is 2.32. The molecular weight excluding hydrogens is 326 g/mol. The Morgan fingerprint density at radius 2 is 2.05 bits per heavy atom. The zero-order chi connectivity index (χ0) is 13.8. The Kier molecular flexibility index (Phi) is 5.55. The lowest BCUT2D eigenvalue weighted by atomic mass is 9.79. The molecule has 2 nitrogen and oxygen atoms in total. The van der Waals surface area contributed by atoms with Crippen molar-refractivity contribution in [2.24, 2.45) is 11.8 Å². The summed E-state index contributed by atoms with van der Waals surface area (Å²) in [5.41, 5.74) is 1.01. The first-order chi connectivity index (χ1) is 9.10. The van der Waals surface area contributed by atoms with Crippen LogP contribution in [0.2, 0.25) is 5.02 Å². The highest BCUT2D eigenvalue weighted by atomic mass is 79.9. The molecule has 19 heavy (non-hydrogen) atoms. The van der Waals surface area contributed by atoms with Gasteiger partial charge in [-0.3, -0.25) is 0 Å². The van der Waals surface area contributed by atoms with Gasteiger partial charge in [0.1, 0.15) is 0 Å². The second kappa shape index (κ2) is 6.96. The van der Waals surface area contributed by atoms with E-state index in [0.29, 0.717) is 10.9 Å². The van der Waals surface area contributed by atoms with E-state index < -0.39 is 0 Å². The average Bonchev–Trinajstić information content (AvgIpc) is 2.41. The molecule has 106 valence electrons. The normalized spacial score (nSPS) is 25.1. The van der Waals surface area contributed by atoms with Gasteiger partial charge in [-0.15, -0.1) is 0 Å². The van der Waals surface area contributed by atoms with Crippen LogP contribution in [0, 0.1) is 11.8 Å². The van der Waals surface area contributed by atoms with Crippen molar-refractivity contribution >= 4 is 33.2 Å². The summed E-state index contributed by atoms with van der Waals surface area (Å²) >= 11 is 9.42. The van der Waals surface area contributed by atoms with Crippen molar-refractivity contribution in [2.45, 2.75) is 38.6 Å². The van der Waals surface area contributed by atoms with Gasteiger partial charge in [0.15, 0.2) is 0 Å². The molecule has 2 rings (SSSR count). The van der Waals surface area contributed by atoms with Crippen LogP contribution in [0.25, 0.3) is 0 Å². The molecule has 1 aromatic rings. The minimum absolute atomic E-state index is 0.139. The van der Waals surface area contributed by atoms with Crippen LogP contribution < -0.4 is 5.32 Å².